The number of aliphatic hydroxyl groups excluding tert-OH is 1. The molecule has 1 N–H and O–H groups in total. The highest BCUT2D eigenvalue weighted by Gasteiger charge is 2.16. The van der Waals surface area contributed by atoms with Crippen LogP contribution in [-0.4, -0.2) is 21.9 Å². The molecule has 0 aliphatic carbocycles. The van der Waals surface area contributed by atoms with Crippen LogP contribution in [0.3, 0.4) is 0 Å². The Morgan fingerprint density at radius 3 is 2.79 bits per heavy atom. The molecule has 0 atom stereocenters. The molecular formula is C14H18ClN3O. The average Bonchev–Trinajstić information content (AvgIpc) is 2.63. The Morgan fingerprint density at radius 2 is 2.16 bits per heavy atom. The Kier molecular flexibility index (Phi) is 4.12. The molecule has 0 fully saturated rings. The maximum Gasteiger partial charge on any atom is 0.132 e. The van der Waals surface area contributed by atoms with E-state index in [2.05, 4.69) is 10.00 Å². The molecule has 0 aliphatic heterocycles. The van der Waals surface area contributed by atoms with Crippen molar-refractivity contribution in [3.05, 3.63) is 46.1 Å². The Balaban J connectivity index is 2.27. The molecule has 0 radical (unpaired) electrons. The second kappa shape index (κ2) is 5.63. The summed E-state index contributed by atoms with van der Waals surface area (Å²) in [7, 11) is 3.87. The number of aromatic nitrogens is 2. The molecule has 0 saturated carbocycles. The van der Waals surface area contributed by atoms with Crippen LogP contribution in [0.4, 0.5) is 5.82 Å². The summed E-state index contributed by atoms with van der Waals surface area (Å²) in [5.74, 6) is 0.931. The van der Waals surface area contributed by atoms with E-state index in [9.17, 15) is 5.11 Å². The highest BCUT2D eigenvalue weighted by atomic mass is 35.5. The van der Waals surface area contributed by atoms with E-state index >= 15 is 0 Å². The van der Waals surface area contributed by atoms with Crippen molar-refractivity contribution in [1.82, 2.24) is 9.78 Å². The van der Waals surface area contributed by atoms with Gasteiger partial charge >= 0.3 is 0 Å². The van der Waals surface area contributed by atoms with Crippen molar-refractivity contribution >= 4 is 17.4 Å². The molecule has 102 valence electrons. The second-order valence-electron chi connectivity index (χ2n) is 4.66. The van der Waals surface area contributed by atoms with Crippen molar-refractivity contribution in [2.45, 2.75) is 20.1 Å². The molecule has 0 saturated heterocycles. The molecule has 1 heterocycles. The predicted octanol–water partition coefficient (Wildman–Crippen LogP) is 2.51. The van der Waals surface area contributed by atoms with E-state index in [1.54, 1.807) is 4.68 Å². The van der Waals surface area contributed by atoms with Gasteiger partial charge in [-0.05, 0) is 24.6 Å². The zero-order chi connectivity index (χ0) is 14.0. The van der Waals surface area contributed by atoms with Crippen LogP contribution in [0.1, 0.15) is 16.8 Å². The minimum Gasteiger partial charge on any atom is -0.391 e. The maximum absolute atomic E-state index is 9.47. The topological polar surface area (TPSA) is 41.3 Å². The standard InChI is InChI=1S/C14H18ClN3O/c1-10-13(9-19)14(18(3)16-10)17(2)8-11-5-4-6-12(15)7-11/h4-7,19H,8-9H2,1-3H3. The molecule has 0 bridgehead atoms. The minimum absolute atomic E-state index is 0.00507. The number of aryl methyl sites for hydroxylation is 2. The van der Waals surface area contributed by atoms with Crippen molar-refractivity contribution in [3.63, 3.8) is 0 Å². The zero-order valence-electron chi connectivity index (χ0n) is 11.4. The van der Waals surface area contributed by atoms with Crippen molar-refractivity contribution in [2.75, 3.05) is 11.9 Å². The predicted molar refractivity (Wildman–Crippen MR) is 77.4 cm³/mol. The number of hydrogen-bond acceptors (Lipinski definition) is 3. The molecule has 19 heavy (non-hydrogen) atoms. The number of rotatable bonds is 4. The van der Waals surface area contributed by atoms with Gasteiger partial charge in [-0.2, -0.15) is 5.10 Å². The van der Waals surface area contributed by atoms with Crippen LogP contribution in [-0.2, 0) is 20.2 Å². The number of benzene rings is 1. The van der Waals surface area contributed by atoms with Gasteiger partial charge in [0, 0.05) is 31.2 Å². The third-order valence-electron chi connectivity index (χ3n) is 3.14. The average molecular weight is 280 g/mol. The monoisotopic (exact) mass is 279 g/mol. The summed E-state index contributed by atoms with van der Waals surface area (Å²) in [6, 6.07) is 7.77. The van der Waals surface area contributed by atoms with Gasteiger partial charge in [0.25, 0.3) is 0 Å². The lowest BCUT2D eigenvalue weighted by molar-refractivity contribution is 0.281. The van der Waals surface area contributed by atoms with Crippen molar-refractivity contribution in [1.29, 1.82) is 0 Å². The molecule has 0 spiro atoms. The largest absolute Gasteiger partial charge is 0.391 e. The second-order valence-corrected chi connectivity index (χ2v) is 5.09. The molecule has 0 amide bonds. The third kappa shape index (κ3) is 2.91. The quantitative estimate of drug-likeness (QED) is 0.935. The summed E-state index contributed by atoms with van der Waals surface area (Å²) in [5, 5.41) is 14.6. The van der Waals surface area contributed by atoms with Crippen molar-refractivity contribution in [2.24, 2.45) is 7.05 Å². The van der Waals surface area contributed by atoms with Crippen molar-refractivity contribution in [3.8, 4) is 0 Å². The Hall–Kier alpha value is -1.52. The number of hydrogen-bond donors (Lipinski definition) is 1. The Bertz CT molecular complexity index is 580. The molecule has 0 aliphatic rings. The highest BCUT2D eigenvalue weighted by Crippen LogP contribution is 2.24. The van der Waals surface area contributed by atoms with Gasteiger partial charge in [0.15, 0.2) is 0 Å². The first-order chi connectivity index (χ1) is 9.02. The van der Waals surface area contributed by atoms with Gasteiger partial charge in [-0.15, -0.1) is 0 Å². The SMILES string of the molecule is Cc1nn(C)c(N(C)Cc2cccc(Cl)c2)c1CO. The summed E-state index contributed by atoms with van der Waals surface area (Å²) in [6.07, 6.45) is 0. The van der Waals surface area contributed by atoms with Crippen LogP contribution in [0.2, 0.25) is 5.02 Å². The third-order valence-corrected chi connectivity index (χ3v) is 3.38. The fourth-order valence-corrected chi connectivity index (χ4v) is 2.55. The number of nitrogens with zero attached hydrogens (tertiary/aromatic N) is 3. The Morgan fingerprint density at radius 1 is 1.42 bits per heavy atom. The summed E-state index contributed by atoms with van der Waals surface area (Å²) >= 11 is 5.99. The van der Waals surface area contributed by atoms with E-state index in [1.165, 1.54) is 0 Å². The molecule has 2 aromatic rings. The fourth-order valence-electron chi connectivity index (χ4n) is 2.34. The fraction of sp³-hybridized carbons (Fsp3) is 0.357. The lowest BCUT2D eigenvalue weighted by Gasteiger charge is -2.21. The van der Waals surface area contributed by atoms with Gasteiger partial charge in [-0.1, -0.05) is 23.7 Å². The van der Waals surface area contributed by atoms with E-state index in [1.807, 2.05) is 45.3 Å². The van der Waals surface area contributed by atoms with Crippen LogP contribution in [0, 0.1) is 6.92 Å². The molecule has 0 unspecified atom stereocenters. The van der Waals surface area contributed by atoms with E-state index in [-0.39, 0.29) is 6.61 Å². The normalized spacial score (nSPS) is 10.8. The van der Waals surface area contributed by atoms with Gasteiger partial charge in [0.05, 0.1) is 12.3 Å². The molecule has 4 nitrogen and oxygen atoms in total. The van der Waals surface area contributed by atoms with Gasteiger partial charge in [-0.25, -0.2) is 0 Å². The minimum atomic E-state index is -0.00507. The molecule has 1 aromatic heterocycles. The molecular weight excluding hydrogens is 262 g/mol. The van der Waals surface area contributed by atoms with Gasteiger partial charge in [0.1, 0.15) is 5.82 Å². The van der Waals surface area contributed by atoms with Gasteiger partial charge in [-0.3, -0.25) is 4.68 Å². The van der Waals surface area contributed by atoms with Crippen LogP contribution in [0.15, 0.2) is 24.3 Å². The van der Waals surface area contributed by atoms with Crippen LogP contribution >= 0.6 is 11.6 Å². The Labute approximate surface area is 118 Å². The van der Waals surface area contributed by atoms with E-state index in [0.29, 0.717) is 6.54 Å². The number of halogens is 1. The zero-order valence-corrected chi connectivity index (χ0v) is 12.1. The molecule has 2 rings (SSSR count). The molecule has 5 heteroatoms. The van der Waals surface area contributed by atoms with E-state index in [4.69, 9.17) is 11.6 Å². The first-order valence-corrected chi connectivity index (χ1v) is 6.49. The first-order valence-electron chi connectivity index (χ1n) is 6.12. The van der Waals surface area contributed by atoms with Crippen LogP contribution in [0.5, 0.6) is 0 Å². The maximum atomic E-state index is 9.47. The first kappa shape index (κ1) is 13.9. The summed E-state index contributed by atoms with van der Waals surface area (Å²) in [5.41, 5.74) is 2.85. The molecule has 1 aromatic carbocycles. The van der Waals surface area contributed by atoms with Crippen LogP contribution < -0.4 is 4.90 Å². The summed E-state index contributed by atoms with van der Waals surface area (Å²) in [6.45, 7) is 2.61. The number of anilines is 1. The van der Waals surface area contributed by atoms with E-state index < -0.39 is 0 Å². The smallest absolute Gasteiger partial charge is 0.132 e. The van der Waals surface area contributed by atoms with Gasteiger partial charge in [0.2, 0.25) is 0 Å². The van der Waals surface area contributed by atoms with Gasteiger partial charge < -0.3 is 10.0 Å². The lowest BCUT2D eigenvalue weighted by atomic mass is 10.2. The highest BCUT2D eigenvalue weighted by molar-refractivity contribution is 6.30. The lowest BCUT2D eigenvalue weighted by Crippen LogP contribution is -2.20. The van der Waals surface area contributed by atoms with Crippen LogP contribution in [0.25, 0.3) is 0 Å². The summed E-state index contributed by atoms with van der Waals surface area (Å²) in [4.78, 5) is 2.07. The van der Waals surface area contributed by atoms with Crippen molar-refractivity contribution < 1.29 is 5.11 Å². The van der Waals surface area contributed by atoms with E-state index in [0.717, 1.165) is 27.7 Å². The summed E-state index contributed by atoms with van der Waals surface area (Å²) < 4.78 is 1.80. The number of aliphatic hydroxyl groups is 1.